The van der Waals surface area contributed by atoms with Gasteiger partial charge in [0.1, 0.15) is 5.01 Å². The van der Waals surface area contributed by atoms with Gasteiger partial charge in [-0.05, 0) is 12.1 Å². The second kappa shape index (κ2) is 6.50. The Morgan fingerprint density at radius 1 is 1.25 bits per heavy atom. The Morgan fingerprint density at radius 3 is 3.04 bits per heavy atom. The number of fused-ring (bicyclic) bond motifs is 1. The Labute approximate surface area is 145 Å². The van der Waals surface area contributed by atoms with Gasteiger partial charge >= 0.3 is 0 Å². The number of rotatable bonds is 5. The highest BCUT2D eigenvalue weighted by molar-refractivity contribution is 7.15. The summed E-state index contributed by atoms with van der Waals surface area (Å²) in [4.78, 5) is 26.1. The number of amides is 1. The van der Waals surface area contributed by atoms with Crippen molar-refractivity contribution in [2.45, 2.75) is 13.0 Å². The third kappa shape index (κ3) is 3.19. The van der Waals surface area contributed by atoms with Crippen LogP contribution in [0, 0.1) is 0 Å². The lowest BCUT2D eigenvalue weighted by molar-refractivity contribution is -0.120. The van der Waals surface area contributed by atoms with Crippen LogP contribution < -0.4 is 5.32 Å². The lowest BCUT2D eigenvalue weighted by atomic mass is 10.3. The molecule has 0 saturated heterocycles. The van der Waals surface area contributed by atoms with E-state index >= 15 is 0 Å². The van der Waals surface area contributed by atoms with Gasteiger partial charge in [0, 0.05) is 41.1 Å². The summed E-state index contributed by atoms with van der Waals surface area (Å²) in [6.45, 7) is 0.423. The van der Waals surface area contributed by atoms with E-state index in [9.17, 15) is 4.79 Å². The summed E-state index contributed by atoms with van der Waals surface area (Å²) in [5.41, 5.74) is 2.58. The molecule has 0 bridgehead atoms. The van der Waals surface area contributed by atoms with E-state index in [1.165, 1.54) is 11.3 Å². The molecule has 120 valence electrons. The second-order valence-electron chi connectivity index (χ2n) is 5.16. The molecule has 0 aliphatic heterocycles. The van der Waals surface area contributed by atoms with Crippen LogP contribution in [0.2, 0.25) is 0 Å². The van der Waals surface area contributed by atoms with Gasteiger partial charge in [0.2, 0.25) is 5.91 Å². The van der Waals surface area contributed by atoms with Gasteiger partial charge in [-0.25, -0.2) is 9.97 Å². The van der Waals surface area contributed by atoms with E-state index in [0.717, 1.165) is 26.9 Å². The maximum Gasteiger partial charge on any atom is 0.226 e. The van der Waals surface area contributed by atoms with E-state index < -0.39 is 0 Å². The topological polar surface area (TPSA) is 72.2 Å². The summed E-state index contributed by atoms with van der Waals surface area (Å²) < 4.78 is 1.95. The lowest BCUT2D eigenvalue weighted by Crippen LogP contribution is -2.24. The van der Waals surface area contributed by atoms with Crippen LogP contribution in [0.1, 0.15) is 11.4 Å². The SMILES string of the molecule is O=C(Cc1csc(-c2cccnc2)n1)NCc1cn2ccsc2n1. The molecule has 0 spiro atoms. The van der Waals surface area contributed by atoms with Crippen molar-refractivity contribution in [1.29, 1.82) is 0 Å². The van der Waals surface area contributed by atoms with Crippen LogP contribution >= 0.6 is 22.7 Å². The van der Waals surface area contributed by atoms with Crippen molar-refractivity contribution in [3.8, 4) is 10.6 Å². The van der Waals surface area contributed by atoms with Crippen molar-refractivity contribution in [3.05, 3.63) is 59.1 Å². The molecule has 0 saturated carbocycles. The molecule has 1 amide bonds. The Kier molecular flexibility index (Phi) is 4.06. The average Bonchev–Trinajstić information content (AvgIpc) is 3.29. The summed E-state index contributed by atoms with van der Waals surface area (Å²) in [5.74, 6) is -0.0607. The van der Waals surface area contributed by atoms with Crippen molar-refractivity contribution in [1.82, 2.24) is 24.7 Å². The maximum atomic E-state index is 12.1. The van der Waals surface area contributed by atoms with Crippen molar-refractivity contribution in [3.63, 3.8) is 0 Å². The van der Waals surface area contributed by atoms with Crippen LogP contribution in [0.15, 0.2) is 47.7 Å². The quantitative estimate of drug-likeness (QED) is 0.597. The van der Waals surface area contributed by atoms with E-state index in [2.05, 4.69) is 20.3 Å². The third-order valence-corrected chi connectivity index (χ3v) is 5.12. The fourth-order valence-electron chi connectivity index (χ4n) is 2.29. The summed E-state index contributed by atoms with van der Waals surface area (Å²) >= 11 is 3.09. The van der Waals surface area contributed by atoms with Crippen molar-refractivity contribution in [2.24, 2.45) is 0 Å². The van der Waals surface area contributed by atoms with Gasteiger partial charge < -0.3 is 5.32 Å². The molecular weight excluding hydrogens is 342 g/mol. The van der Waals surface area contributed by atoms with Crippen LogP contribution in [-0.4, -0.2) is 25.3 Å². The first-order valence-corrected chi connectivity index (χ1v) is 9.06. The van der Waals surface area contributed by atoms with E-state index in [1.807, 2.05) is 39.7 Å². The number of aromatic nitrogens is 4. The molecule has 8 heteroatoms. The minimum atomic E-state index is -0.0607. The number of carbonyl (C=O) groups is 1. The van der Waals surface area contributed by atoms with Crippen LogP contribution in [0.5, 0.6) is 0 Å². The first kappa shape index (κ1) is 15.0. The first-order valence-electron chi connectivity index (χ1n) is 7.30. The molecule has 0 aliphatic rings. The number of thiazole rings is 2. The molecule has 4 aromatic rings. The normalized spacial score (nSPS) is 11.0. The van der Waals surface area contributed by atoms with E-state index in [4.69, 9.17) is 0 Å². The number of nitrogens with zero attached hydrogens (tertiary/aromatic N) is 4. The molecule has 4 rings (SSSR count). The van der Waals surface area contributed by atoms with Gasteiger partial charge in [-0.2, -0.15) is 0 Å². The molecule has 24 heavy (non-hydrogen) atoms. The molecule has 0 aliphatic carbocycles. The predicted octanol–water partition coefficient (Wildman–Crippen LogP) is 2.77. The van der Waals surface area contributed by atoms with Crippen molar-refractivity contribution < 1.29 is 4.79 Å². The lowest BCUT2D eigenvalue weighted by Gasteiger charge is -2.01. The molecule has 0 fully saturated rings. The van der Waals surface area contributed by atoms with Gasteiger partial charge in [-0.15, -0.1) is 22.7 Å². The van der Waals surface area contributed by atoms with Gasteiger partial charge in [-0.3, -0.25) is 14.2 Å². The maximum absolute atomic E-state index is 12.1. The Bertz CT molecular complexity index is 944. The molecule has 4 heterocycles. The fraction of sp³-hybridized carbons (Fsp3) is 0.125. The Hall–Kier alpha value is -2.58. The highest BCUT2D eigenvalue weighted by Gasteiger charge is 2.10. The van der Waals surface area contributed by atoms with Gasteiger partial charge in [-0.1, -0.05) is 0 Å². The first-order chi connectivity index (χ1) is 11.8. The molecule has 0 atom stereocenters. The van der Waals surface area contributed by atoms with Crippen LogP contribution in [0.25, 0.3) is 15.5 Å². The fourth-order valence-corrected chi connectivity index (χ4v) is 3.82. The van der Waals surface area contributed by atoms with Crippen molar-refractivity contribution in [2.75, 3.05) is 0 Å². The Morgan fingerprint density at radius 2 is 2.21 bits per heavy atom. The highest BCUT2D eigenvalue weighted by Crippen LogP contribution is 2.22. The molecule has 6 nitrogen and oxygen atoms in total. The van der Waals surface area contributed by atoms with Gasteiger partial charge in [0.05, 0.1) is 24.4 Å². The van der Waals surface area contributed by atoms with Crippen LogP contribution in [0.3, 0.4) is 0 Å². The van der Waals surface area contributed by atoms with Crippen LogP contribution in [0.4, 0.5) is 0 Å². The van der Waals surface area contributed by atoms with Crippen LogP contribution in [-0.2, 0) is 17.8 Å². The highest BCUT2D eigenvalue weighted by atomic mass is 32.1. The zero-order valence-electron chi connectivity index (χ0n) is 12.5. The third-order valence-electron chi connectivity index (χ3n) is 3.41. The molecule has 0 aromatic carbocycles. The second-order valence-corrected chi connectivity index (χ2v) is 6.90. The zero-order chi connectivity index (χ0) is 16.4. The predicted molar refractivity (Wildman–Crippen MR) is 94.0 cm³/mol. The molecular formula is C16H13N5OS2. The van der Waals surface area contributed by atoms with Gasteiger partial charge in [0.15, 0.2) is 4.96 Å². The number of pyridine rings is 1. The number of nitrogens with one attached hydrogen (secondary N) is 1. The molecule has 0 radical (unpaired) electrons. The van der Waals surface area contributed by atoms with E-state index in [1.54, 1.807) is 23.7 Å². The average molecular weight is 355 g/mol. The summed E-state index contributed by atoms with van der Waals surface area (Å²) in [5, 5.41) is 7.65. The minimum Gasteiger partial charge on any atom is -0.350 e. The number of imidazole rings is 1. The zero-order valence-corrected chi connectivity index (χ0v) is 14.2. The van der Waals surface area contributed by atoms with E-state index in [-0.39, 0.29) is 12.3 Å². The molecule has 0 unspecified atom stereocenters. The van der Waals surface area contributed by atoms with Crippen molar-refractivity contribution >= 4 is 33.5 Å². The summed E-state index contributed by atoms with van der Waals surface area (Å²) in [6, 6.07) is 3.83. The smallest absolute Gasteiger partial charge is 0.226 e. The molecule has 1 N–H and O–H groups in total. The minimum absolute atomic E-state index is 0.0607. The Balaban J connectivity index is 1.36. The number of hydrogen-bond acceptors (Lipinski definition) is 6. The molecule has 4 aromatic heterocycles. The standard InChI is InChI=1S/C16H13N5OS2/c22-14(18-8-13-9-21-4-5-23-16(21)20-13)6-12-10-24-15(19-12)11-2-1-3-17-7-11/h1-5,7,9-10H,6,8H2,(H,18,22). The van der Waals surface area contributed by atoms with E-state index in [0.29, 0.717) is 6.54 Å². The summed E-state index contributed by atoms with van der Waals surface area (Å²) in [6.07, 6.45) is 7.64. The summed E-state index contributed by atoms with van der Waals surface area (Å²) in [7, 11) is 0. The number of carbonyl (C=O) groups excluding carboxylic acids is 1. The monoisotopic (exact) mass is 355 g/mol. The van der Waals surface area contributed by atoms with Gasteiger partial charge in [0.25, 0.3) is 0 Å². The largest absolute Gasteiger partial charge is 0.350 e. The number of hydrogen-bond donors (Lipinski definition) is 1.